The van der Waals surface area contributed by atoms with Gasteiger partial charge in [0.2, 0.25) is 0 Å². The lowest BCUT2D eigenvalue weighted by molar-refractivity contribution is 0.290. The van der Waals surface area contributed by atoms with E-state index < -0.39 is 10.2 Å². The van der Waals surface area contributed by atoms with Crippen molar-refractivity contribution in [3.8, 4) is 0 Å². The Bertz CT molecular complexity index is 755. The van der Waals surface area contributed by atoms with E-state index in [-0.39, 0.29) is 28.8 Å². The van der Waals surface area contributed by atoms with Gasteiger partial charge in [0.1, 0.15) is 5.84 Å². The largest absolute Gasteiger partial charge is 0.332 e. The number of nitrogens with one attached hydrogen (secondary N) is 2. The smallest absolute Gasteiger partial charge is 0.277 e. The summed E-state index contributed by atoms with van der Waals surface area (Å²) in [5.74, 6) is 1.36. The summed E-state index contributed by atoms with van der Waals surface area (Å²) in [5.41, 5.74) is 2.57. The molecule has 2 aliphatic rings. The molecule has 29 heavy (non-hydrogen) atoms. The van der Waals surface area contributed by atoms with Crippen LogP contribution in [-0.2, 0) is 10.2 Å². The Morgan fingerprint density at radius 1 is 1.17 bits per heavy atom. The van der Waals surface area contributed by atoms with E-state index >= 15 is 0 Å². The fourth-order valence-corrected chi connectivity index (χ4v) is 5.40. The molecule has 0 amide bonds. The van der Waals surface area contributed by atoms with Crippen LogP contribution in [0.3, 0.4) is 0 Å². The highest BCUT2D eigenvalue weighted by atomic mass is 32.2. The van der Waals surface area contributed by atoms with Gasteiger partial charge in [-0.25, -0.2) is 4.72 Å². The van der Waals surface area contributed by atoms with E-state index in [2.05, 4.69) is 76.7 Å². The topological polar surface area (TPSA) is 73.8 Å². The molecule has 0 aromatic heterocycles. The first-order chi connectivity index (χ1) is 13.2. The fourth-order valence-electron chi connectivity index (χ4n) is 4.30. The fraction of sp³-hybridized carbons (Fsp3) is 0.864. The zero-order chi connectivity index (χ0) is 22.2. The van der Waals surface area contributed by atoms with Crippen molar-refractivity contribution < 1.29 is 8.42 Å². The minimum absolute atomic E-state index is 0.00113. The van der Waals surface area contributed by atoms with Crippen molar-refractivity contribution in [2.24, 2.45) is 21.7 Å². The Morgan fingerprint density at radius 2 is 1.79 bits per heavy atom. The number of amidine groups is 1. The van der Waals surface area contributed by atoms with Gasteiger partial charge >= 0.3 is 0 Å². The molecule has 1 fully saturated rings. The highest BCUT2D eigenvalue weighted by Gasteiger charge is 2.45. The van der Waals surface area contributed by atoms with Crippen LogP contribution in [0.1, 0.15) is 81.6 Å². The van der Waals surface area contributed by atoms with Gasteiger partial charge < -0.3 is 4.90 Å². The summed E-state index contributed by atoms with van der Waals surface area (Å²) >= 11 is 0. The maximum Gasteiger partial charge on any atom is 0.277 e. The number of hydrogen-bond donors (Lipinski definition) is 2. The molecule has 0 aromatic carbocycles. The van der Waals surface area contributed by atoms with Crippen molar-refractivity contribution >= 4 is 16.0 Å². The van der Waals surface area contributed by atoms with Crippen LogP contribution < -0.4 is 9.44 Å². The molecule has 2 atom stereocenters. The minimum Gasteiger partial charge on any atom is -0.332 e. The maximum absolute atomic E-state index is 12.5. The van der Waals surface area contributed by atoms with E-state index in [9.17, 15) is 8.42 Å². The van der Waals surface area contributed by atoms with Crippen LogP contribution in [0.4, 0.5) is 0 Å². The highest BCUT2D eigenvalue weighted by Crippen LogP contribution is 2.46. The lowest BCUT2D eigenvalue weighted by atomic mass is 9.71. The first-order valence-electron chi connectivity index (χ1n) is 11.0. The first-order valence-corrected chi connectivity index (χ1v) is 12.5. The Balaban J connectivity index is 2.40. The standard InChI is InChI=1S/C22H42N4O2S/c1-10-11-12-23-29(27,28)25-16-13-17-18(21(4,5)6)19(22(7,8)9)24-20(15(2)3)26(17)14-16/h15-16,19,23,25H,10-14H2,1-9H3. The van der Waals surface area contributed by atoms with Gasteiger partial charge in [0.15, 0.2) is 0 Å². The lowest BCUT2D eigenvalue weighted by Gasteiger charge is -2.44. The van der Waals surface area contributed by atoms with Gasteiger partial charge in [-0.1, -0.05) is 68.7 Å². The van der Waals surface area contributed by atoms with E-state index in [1.165, 1.54) is 11.3 Å². The Labute approximate surface area is 178 Å². The number of unbranched alkanes of at least 4 members (excludes halogenated alkanes) is 1. The summed E-state index contributed by atoms with van der Waals surface area (Å²) in [4.78, 5) is 7.51. The number of nitrogens with zero attached hydrogens (tertiary/aromatic N) is 2. The van der Waals surface area contributed by atoms with E-state index in [1.54, 1.807) is 0 Å². The van der Waals surface area contributed by atoms with Crippen LogP contribution in [0.25, 0.3) is 0 Å². The van der Waals surface area contributed by atoms with Crippen molar-refractivity contribution in [2.75, 3.05) is 13.1 Å². The molecule has 7 heteroatoms. The molecule has 0 aliphatic carbocycles. The quantitative estimate of drug-likeness (QED) is 0.603. The SMILES string of the molecule is CCCCNS(=O)(=O)NC1CC2=C(C(C)(C)C)C(C(C)(C)C)N=C(C(C)C)N2C1. The number of rotatable bonds is 7. The van der Waals surface area contributed by atoms with Crippen molar-refractivity contribution in [3.05, 3.63) is 11.3 Å². The normalized spacial score (nSPS) is 23.7. The molecule has 0 spiro atoms. The monoisotopic (exact) mass is 426 g/mol. The third-order valence-corrected chi connectivity index (χ3v) is 6.81. The molecule has 0 saturated carbocycles. The summed E-state index contributed by atoms with van der Waals surface area (Å²) in [6.45, 7) is 21.0. The van der Waals surface area contributed by atoms with E-state index in [1.807, 2.05) is 0 Å². The summed E-state index contributed by atoms with van der Waals surface area (Å²) in [6.07, 6.45) is 2.51. The highest BCUT2D eigenvalue weighted by molar-refractivity contribution is 7.87. The van der Waals surface area contributed by atoms with Crippen LogP contribution in [0.2, 0.25) is 0 Å². The average molecular weight is 427 g/mol. The van der Waals surface area contributed by atoms with Crippen LogP contribution in [0.5, 0.6) is 0 Å². The molecule has 168 valence electrons. The third kappa shape index (κ3) is 5.82. The van der Waals surface area contributed by atoms with E-state index in [4.69, 9.17) is 4.99 Å². The summed E-state index contributed by atoms with van der Waals surface area (Å²) in [6, 6.07) is -0.0478. The molecule has 6 nitrogen and oxygen atoms in total. The zero-order valence-electron chi connectivity index (χ0n) is 19.9. The first kappa shape index (κ1) is 24.4. The second kappa shape index (κ2) is 8.67. The molecule has 0 aromatic rings. The minimum atomic E-state index is -3.50. The molecule has 1 saturated heterocycles. The average Bonchev–Trinajstić information content (AvgIpc) is 2.92. The zero-order valence-corrected chi connectivity index (χ0v) is 20.7. The molecular weight excluding hydrogens is 384 g/mol. The Hall–Kier alpha value is -0.920. The number of hydrogen-bond acceptors (Lipinski definition) is 4. The molecular formula is C22H42N4O2S. The number of fused-ring (bicyclic) bond motifs is 1. The molecule has 0 radical (unpaired) electrons. The maximum atomic E-state index is 12.5. The molecule has 2 heterocycles. The van der Waals surface area contributed by atoms with Crippen molar-refractivity contribution in [1.29, 1.82) is 0 Å². The predicted molar refractivity (Wildman–Crippen MR) is 122 cm³/mol. The summed E-state index contributed by atoms with van der Waals surface area (Å²) < 4.78 is 30.6. The van der Waals surface area contributed by atoms with Crippen LogP contribution >= 0.6 is 0 Å². The molecule has 0 bridgehead atoms. The van der Waals surface area contributed by atoms with Gasteiger partial charge in [0.25, 0.3) is 10.2 Å². The molecule has 2 unspecified atom stereocenters. The van der Waals surface area contributed by atoms with E-state index in [0.29, 0.717) is 19.5 Å². The number of aliphatic imine (C=N–C) groups is 1. The van der Waals surface area contributed by atoms with Crippen molar-refractivity contribution in [3.63, 3.8) is 0 Å². The van der Waals surface area contributed by atoms with Gasteiger partial charge in [0, 0.05) is 37.2 Å². The molecule has 2 N–H and O–H groups in total. The van der Waals surface area contributed by atoms with E-state index in [0.717, 1.165) is 18.7 Å². The van der Waals surface area contributed by atoms with Crippen LogP contribution in [0, 0.1) is 16.7 Å². The van der Waals surface area contributed by atoms with Gasteiger partial charge in [-0.15, -0.1) is 0 Å². The van der Waals surface area contributed by atoms with Crippen LogP contribution in [0.15, 0.2) is 16.3 Å². The third-order valence-electron chi connectivity index (χ3n) is 5.58. The van der Waals surface area contributed by atoms with Crippen molar-refractivity contribution in [1.82, 2.24) is 14.3 Å². The second-order valence-corrected chi connectivity index (χ2v) is 12.4. The predicted octanol–water partition coefficient (Wildman–Crippen LogP) is 4.07. The second-order valence-electron chi connectivity index (χ2n) is 10.9. The summed E-state index contributed by atoms with van der Waals surface area (Å²) in [7, 11) is -3.50. The van der Waals surface area contributed by atoms with Crippen LogP contribution in [-0.4, -0.2) is 44.3 Å². The summed E-state index contributed by atoms with van der Waals surface area (Å²) in [5, 5.41) is 0. The Kier molecular flexibility index (Phi) is 7.28. The van der Waals surface area contributed by atoms with Gasteiger partial charge in [-0.3, -0.25) is 4.99 Å². The molecule has 2 rings (SSSR count). The molecule has 2 aliphatic heterocycles. The van der Waals surface area contributed by atoms with Gasteiger partial charge in [-0.2, -0.15) is 13.1 Å². The van der Waals surface area contributed by atoms with Gasteiger partial charge in [-0.05, 0) is 22.8 Å². The van der Waals surface area contributed by atoms with Gasteiger partial charge in [0.05, 0.1) is 6.04 Å². The Morgan fingerprint density at radius 3 is 2.28 bits per heavy atom. The van der Waals surface area contributed by atoms with Crippen molar-refractivity contribution in [2.45, 2.75) is 93.7 Å². The lowest BCUT2D eigenvalue weighted by Crippen LogP contribution is -2.46.